The first-order valence-electron chi connectivity index (χ1n) is 16.8. The number of carboxylic acids is 1. The first-order valence-corrected chi connectivity index (χ1v) is 18.2. The van der Waals surface area contributed by atoms with E-state index >= 15 is 0 Å². The van der Waals surface area contributed by atoms with E-state index in [-0.39, 0.29) is 24.7 Å². The standard InChI is InChI=1S/C39H33ClFIN4O7/c1-49-30-7-3-2-6-28(30)37-43-16-15-26(45-37)22-51-29-14-13-27(52-32-8-4-5-19-50-32)20-24(29)21-31(39(47)48)53-38-35-34(42)33(23-9-11-25(41)12-10-23)36(40)46(35)18-17-44-38/h2-3,6-7,9-18,20,31-32H,4-5,8,19,21-22H2,1H3,(H,47,48). The van der Waals surface area contributed by atoms with Gasteiger partial charge in [-0.3, -0.25) is 4.40 Å². The maximum Gasteiger partial charge on any atom is 0.345 e. The number of methoxy groups -OCH3 is 1. The normalized spacial score (nSPS) is 14.8. The van der Waals surface area contributed by atoms with E-state index in [0.717, 1.165) is 24.8 Å². The van der Waals surface area contributed by atoms with Gasteiger partial charge in [-0.05, 0) is 89.5 Å². The van der Waals surface area contributed by atoms with E-state index < -0.39 is 18.4 Å². The number of hydrogen-bond acceptors (Lipinski definition) is 9. The van der Waals surface area contributed by atoms with Crippen LogP contribution in [0.5, 0.6) is 23.1 Å². The minimum Gasteiger partial charge on any atom is -0.496 e. The summed E-state index contributed by atoms with van der Waals surface area (Å²) in [6, 6.07) is 20.4. The Morgan fingerprint density at radius 2 is 1.91 bits per heavy atom. The van der Waals surface area contributed by atoms with Crippen LogP contribution in [-0.4, -0.2) is 56.5 Å². The van der Waals surface area contributed by atoms with Gasteiger partial charge in [-0.2, -0.15) is 0 Å². The molecule has 0 aliphatic carbocycles. The number of hydrogen-bond donors (Lipinski definition) is 1. The SMILES string of the molecule is COc1ccccc1-c1nccc(COc2ccc(OC3CCCCO3)cc2CC(Oc2nccn3c(Cl)c(-c4ccc(F)cc4)c(I)c23)C(=O)O)n1. The molecule has 6 aromatic rings. The Morgan fingerprint density at radius 1 is 1.08 bits per heavy atom. The Labute approximate surface area is 322 Å². The van der Waals surface area contributed by atoms with Gasteiger partial charge in [0.25, 0.3) is 0 Å². The monoisotopic (exact) mass is 850 g/mol. The van der Waals surface area contributed by atoms with Crippen LogP contribution in [0.4, 0.5) is 4.39 Å². The quantitative estimate of drug-likeness (QED) is 0.113. The first-order chi connectivity index (χ1) is 25.8. The van der Waals surface area contributed by atoms with Crippen LogP contribution in [0.15, 0.2) is 91.4 Å². The van der Waals surface area contributed by atoms with Crippen LogP contribution in [0.25, 0.3) is 28.0 Å². The van der Waals surface area contributed by atoms with Crippen molar-refractivity contribution in [1.82, 2.24) is 19.4 Å². The first kappa shape index (κ1) is 36.4. The highest BCUT2D eigenvalue weighted by Gasteiger charge is 2.28. The number of carbonyl (C=O) groups is 1. The average Bonchev–Trinajstić information content (AvgIpc) is 3.44. The van der Waals surface area contributed by atoms with Crippen LogP contribution in [0.1, 0.15) is 30.5 Å². The van der Waals surface area contributed by atoms with Crippen molar-refractivity contribution in [2.24, 2.45) is 0 Å². The molecular weight excluding hydrogens is 818 g/mol. The zero-order valence-electron chi connectivity index (χ0n) is 28.4. The van der Waals surface area contributed by atoms with Crippen LogP contribution >= 0.6 is 34.2 Å². The number of ether oxygens (including phenoxy) is 5. The third-order valence-corrected chi connectivity index (χ3v) is 10.1. The minimum absolute atomic E-state index is 0.0647. The molecule has 1 aliphatic rings. The Morgan fingerprint density at radius 3 is 2.68 bits per heavy atom. The molecule has 2 atom stereocenters. The van der Waals surface area contributed by atoms with E-state index in [9.17, 15) is 14.3 Å². The number of halogens is 3. The summed E-state index contributed by atoms with van der Waals surface area (Å²) >= 11 is 8.92. The topological polar surface area (TPSA) is 127 Å². The molecule has 1 saturated heterocycles. The molecule has 1 fully saturated rings. The lowest BCUT2D eigenvalue weighted by Gasteiger charge is -2.24. The van der Waals surface area contributed by atoms with Gasteiger partial charge in [0.1, 0.15) is 40.3 Å². The van der Waals surface area contributed by atoms with E-state index in [4.69, 9.17) is 40.3 Å². The summed E-state index contributed by atoms with van der Waals surface area (Å²) in [5, 5.41) is 10.8. The van der Waals surface area contributed by atoms with Crippen molar-refractivity contribution in [2.75, 3.05) is 13.7 Å². The largest absolute Gasteiger partial charge is 0.496 e. The Kier molecular flexibility index (Phi) is 11.2. The predicted molar refractivity (Wildman–Crippen MR) is 203 cm³/mol. The summed E-state index contributed by atoms with van der Waals surface area (Å²) in [5.74, 6) is 0.501. The second-order valence-corrected chi connectivity index (χ2v) is 13.6. The highest BCUT2D eigenvalue weighted by atomic mass is 127. The molecule has 0 amide bonds. The lowest BCUT2D eigenvalue weighted by molar-refractivity contribution is -0.145. The van der Waals surface area contributed by atoms with E-state index in [1.54, 1.807) is 60.3 Å². The van der Waals surface area contributed by atoms with Gasteiger partial charge in [-0.25, -0.2) is 24.1 Å². The molecule has 2 unspecified atom stereocenters. The molecule has 0 radical (unpaired) electrons. The van der Waals surface area contributed by atoms with Crippen molar-refractivity contribution in [3.63, 3.8) is 0 Å². The molecule has 1 N–H and O–H groups in total. The Bertz CT molecular complexity index is 2250. The van der Waals surface area contributed by atoms with E-state index in [1.165, 1.54) is 18.3 Å². The van der Waals surface area contributed by atoms with Crippen molar-refractivity contribution in [3.8, 4) is 45.6 Å². The average molecular weight is 851 g/mol. The summed E-state index contributed by atoms with van der Waals surface area (Å²) in [4.78, 5) is 26.4. The predicted octanol–water partition coefficient (Wildman–Crippen LogP) is 8.42. The number of aliphatic carboxylic acids is 1. The van der Waals surface area contributed by atoms with E-state index in [2.05, 4.69) is 32.6 Å². The van der Waals surface area contributed by atoms with Crippen molar-refractivity contribution < 1.29 is 38.0 Å². The molecule has 1 aliphatic heterocycles. The van der Waals surface area contributed by atoms with Gasteiger partial charge in [-0.15, -0.1) is 0 Å². The highest BCUT2D eigenvalue weighted by Crippen LogP contribution is 2.40. The molecule has 0 saturated carbocycles. The number of para-hydroxylation sites is 1. The molecule has 53 heavy (non-hydrogen) atoms. The van der Waals surface area contributed by atoms with Crippen LogP contribution in [0, 0.1) is 9.39 Å². The molecule has 0 bridgehead atoms. The highest BCUT2D eigenvalue weighted by molar-refractivity contribution is 14.1. The van der Waals surface area contributed by atoms with Gasteiger partial charge in [0.05, 0.1) is 28.5 Å². The van der Waals surface area contributed by atoms with E-state index in [0.29, 0.717) is 66.3 Å². The zero-order valence-corrected chi connectivity index (χ0v) is 31.3. The molecule has 14 heteroatoms. The third kappa shape index (κ3) is 8.16. The molecule has 7 rings (SSSR count). The third-order valence-electron chi connectivity index (χ3n) is 8.64. The number of carboxylic acid groups (broad SMARTS) is 1. The fourth-order valence-corrected chi connectivity index (χ4v) is 7.60. The maximum absolute atomic E-state index is 13.7. The van der Waals surface area contributed by atoms with E-state index in [1.807, 2.05) is 24.3 Å². The van der Waals surface area contributed by atoms with Crippen LogP contribution in [0.2, 0.25) is 5.15 Å². The fraction of sp³-hybridized carbons (Fsp3) is 0.231. The number of aromatic nitrogens is 4. The lowest BCUT2D eigenvalue weighted by Crippen LogP contribution is -2.30. The van der Waals surface area contributed by atoms with Crippen molar-refractivity contribution in [2.45, 2.75) is 44.7 Å². The molecule has 272 valence electrons. The maximum atomic E-state index is 13.7. The van der Waals surface area contributed by atoms with Gasteiger partial charge in [0.15, 0.2) is 12.1 Å². The van der Waals surface area contributed by atoms with Gasteiger partial charge in [0.2, 0.25) is 12.0 Å². The van der Waals surface area contributed by atoms with Crippen LogP contribution < -0.4 is 18.9 Å². The van der Waals surface area contributed by atoms with Gasteiger partial charge in [0, 0.05) is 42.6 Å². The van der Waals surface area contributed by atoms with Crippen LogP contribution in [-0.2, 0) is 22.6 Å². The lowest BCUT2D eigenvalue weighted by atomic mass is 10.1. The van der Waals surface area contributed by atoms with Gasteiger partial charge in [-0.1, -0.05) is 35.9 Å². The van der Waals surface area contributed by atoms with Crippen molar-refractivity contribution >= 4 is 45.7 Å². The van der Waals surface area contributed by atoms with Gasteiger partial charge < -0.3 is 28.8 Å². The molecule has 11 nitrogen and oxygen atoms in total. The summed E-state index contributed by atoms with van der Waals surface area (Å²) in [6.45, 7) is 0.670. The second-order valence-electron chi connectivity index (χ2n) is 12.1. The molecule has 3 aromatic heterocycles. The molecule has 0 spiro atoms. The Hall–Kier alpha value is -4.99. The minimum atomic E-state index is -1.40. The second kappa shape index (κ2) is 16.4. The fourth-order valence-electron chi connectivity index (χ4n) is 6.03. The number of benzene rings is 3. The summed E-state index contributed by atoms with van der Waals surface area (Å²) < 4.78 is 45.9. The summed E-state index contributed by atoms with van der Waals surface area (Å²) in [5.41, 5.74) is 3.65. The molecular formula is C39H33ClFIN4O7. The number of nitrogens with zero attached hydrogens (tertiary/aromatic N) is 4. The summed E-state index contributed by atoms with van der Waals surface area (Å²) in [7, 11) is 1.59. The smallest absolute Gasteiger partial charge is 0.345 e. The molecule has 3 aromatic carbocycles. The zero-order chi connectivity index (χ0) is 36.9. The summed E-state index contributed by atoms with van der Waals surface area (Å²) in [6.07, 6.45) is 5.55. The van der Waals surface area contributed by atoms with Crippen LogP contribution in [0.3, 0.4) is 0 Å². The molecule has 4 heterocycles. The van der Waals surface area contributed by atoms with Crippen molar-refractivity contribution in [3.05, 3.63) is 117 Å². The number of fused-ring (bicyclic) bond motifs is 1. The van der Waals surface area contributed by atoms with Gasteiger partial charge >= 0.3 is 5.97 Å². The van der Waals surface area contributed by atoms with Crippen molar-refractivity contribution in [1.29, 1.82) is 0 Å². The Balaban J connectivity index is 1.19. The number of rotatable bonds is 13.